The summed E-state index contributed by atoms with van der Waals surface area (Å²) in [7, 11) is 0. The van der Waals surface area contributed by atoms with Crippen LogP contribution in [0, 0.1) is 5.82 Å². The smallest absolute Gasteiger partial charge is 0.182 e. The van der Waals surface area contributed by atoms with Crippen molar-refractivity contribution < 1.29 is 9.50 Å². The summed E-state index contributed by atoms with van der Waals surface area (Å²) in [6.45, 7) is 0.465. The predicted molar refractivity (Wildman–Crippen MR) is 78.8 cm³/mol. The molecule has 0 aliphatic carbocycles. The highest BCUT2D eigenvalue weighted by Crippen LogP contribution is 2.37. The number of rotatable bonds is 2. The van der Waals surface area contributed by atoms with Crippen molar-refractivity contribution in [3.05, 3.63) is 48.3 Å². The summed E-state index contributed by atoms with van der Waals surface area (Å²) in [5, 5.41) is 10.1. The average Bonchev–Trinajstić information content (AvgIpc) is 3.14. The van der Waals surface area contributed by atoms with Crippen LogP contribution < -0.4 is 4.90 Å². The molecule has 0 amide bonds. The molecule has 1 fully saturated rings. The van der Waals surface area contributed by atoms with Crippen molar-refractivity contribution >= 4 is 17.0 Å². The molecule has 3 heterocycles. The van der Waals surface area contributed by atoms with Gasteiger partial charge in [-0.25, -0.2) is 19.3 Å². The molecule has 0 saturated carbocycles. The van der Waals surface area contributed by atoms with Crippen LogP contribution >= 0.6 is 0 Å². The Hall–Kier alpha value is -2.54. The minimum atomic E-state index is -0.456. The summed E-state index contributed by atoms with van der Waals surface area (Å²) in [6.07, 6.45) is 3.15. The Labute approximate surface area is 125 Å². The Morgan fingerprint density at radius 3 is 2.82 bits per heavy atom. The van der Waals surface area contributed by atoms with Gasteiger partial charge in [0.05, 0.1) is 18.5 Å². The molecule has 112 valence electrons. The number of aromatic nitrogens is 4. The number of aliphatic hydroxyl groups excluding tert-OH is 1. The van der Waals surface area contributed by atoms with E-state index in [4.69, 9.17) is 0 Å². The normalized spacial score (nSPS) is 21.6. The first-order valence-corrected chi connectivity index (χ1v) is 7.06. The molecule has 0 unspecified atom stereocenters. The van der Waals surface area contributed by atoms with E-state index in [1.807, 2.05) is 4.90 Å². The minimum absolute atomic E-state index is 0.0583. The van der Waals surface area contributed by atoms with Crippen molar-refractivity contribution in [2.45, 2.75) is 18.6 Å². The van der Waals surface area contributed by atoms with Crippen LogP contribution in [-0.2, 0) is 0 Å². The van der Waals surface area contributed by atoms with Gasteiger partial charge in [0, 0.05) is 6.54 Å². The van der Waals surface area contributed by atoms with Crippen LogP contribution in [0.25, 0.3) is 11.2 Å². The standard InChI is InChI=1S/C15H14FN5O/c16-10-3-1-9(2-4-10)12-5-11(22)6-21(12)15-13-14(18-7-17-13)19-8-20-15/h1-4,7-8,11-12,22H,5-6H2,(H,17,18,19,20)/t11-,12+/m1/s1. The minimum Gasteiger partial charge on any atom is -0.391 e. The number of anilines is 1. The maximum Gasteiger partial charge on any atom is 0.182 e. The highest BCUT2D eigenvalue weighted by molar-refractivity contribution is 5.83. The van der Waals surface area contributed by atoms with Gasteiger partial charge in [-0.3, -0.25) is 0 Å². The maximum atomic E-state index is 13.1. The Morgan fingerprint density at radius 1 is 1.18 bits per heavy atom. The molecule has 2 aromatic heterocycles. The van der Waals surface area contributed by atoms with Crippen LogP contribution in [0.15, 0.2) is 36.9 Å². The van der Waals surface area contributed by atoms with Crippen molar-refractivity contribution in [1.82, 2.24) is 19.9 Å². The van der Waals surface area contributed by atoms with Crippen molar-refractivity contribution in [3.8, 4) is 0 Å². The van der Waals surface area contributed by atoms with E-state index in [2.05, 4.69) is 19.9 Å². The lowest BCUT2D eigenvalue weighted by atomic mass is 10.0. The van der Waals surface area contributed by atoms with Gasteiger partial charge in [0.2, 0.25) is 0 Å². The number of aliphatic hydroxyl groups is 1. The molecule has 1 aliphatic heterocycles. The van der Waals surface area contributed by atoms with Crippen LogP contribution in [0.1, 0.15) is 18.0 Å². The van der Waals surface area contributed by atoms with E-state index in [9.17, 15) is 9.50 Å². The summed E-state index contributed by atoms with van der Waals surface area (Å²) in [6, 6.07) is 6.30. The number of hydrogen-bond acceptors (Lipinski definition) is 5. The van der Waals surface area contributed by atoms with Gasteiger partial charge >= 0.3 is 0 Å². The third-order valence-electron chi connectivity index (χ3n) is 4.01. The van der Waals surface area contributed by atoms with E-state index < -0.39 is 6.10 Å². The third-order valence-corrected chi connectivity index (χ3v) is 4.01. The summed E-state index contributed by atoms with van der Waals surface area (Å²) in [5.74, 6) is 0.431. The lowest BCUT2D eigenvalue weighted by Crippen LogP contribution is -2.25. The van der Waals surface area contributed by atoms with Gasteiger partial charge in [-0.05, 0) is 24.1 Å². The van der Waals surface area contributed by atoms with Crippen LogP contribution in [0.3, 0.4) is 0 Å². The SMILES string of the molecule is O[C@@H]1C[C@@H](c2ccc(F)cc2)N(c2ncnc3nc[nH]c23)C1. The Morgan fingerprint density at radius 2 is 2.00 bits per heavy atom. The Bertz CT molecular complexity index is 803. The van der Waals surface area contributed by atoms with Crippen LogP contribution in [-0.4, -0.2) is 37.7 Å². The number of β-amino-alcohol motifs (C(OH)–C–C–N with tert-alkyl or cyclic N) is 1. The first kappa shape index (κ1) is 13.1. The number of fused-ring (bicyclic) bond motifs is 1. The molecule has 7 heteroatoms. The Kier molecular flexibility index (Phi) is 3.00. The fourth-order valence-electron chi connectivity index (χ4n) is 3.02. The van der Waals surface area contributed by atoms with Crippen LogP contribution in [0.2, 0.25) is 0 Å². The van der Waals surface area contributed by atoms with E-state index in [0.29, 0.717) is 24.4 Å². The van der Waals surface area contributed by atoms with Crippen molar-refractivity contribution in [2.75, 3.05) is 11.4 Å². The molecule has 0 radical (unpaired) electrons. The zero-order valence-corrected chi connectivity index (χ0v) is 11.6. The number of imidazole rings is 1. The first-order valence-electron chi connectivity index (χ1n) is 7.06. The highest BCUT2D eigenvalue weighted by Gasteiger charge is 2.34. The van der Waals surface area contributed by atoms with Gasteiger partial charge in [0.1, 0.15) is 17.7 Å². The summed E-state index contributed by atoms with van der Waals surface area (Å²) in [4.78, 5) is 17.6. The van der Waals surface area contributed by atoms with E-state index >= 15 is 0 Å². The lowest BCUT2D eigenvalue weighted by molar-refractivity contribution is 0.194. The van der Waals surface area contributed by atoms with E-state index in [1.165, 1.54) is 18.5 Å². The topological polar surface area (TPSA) is 77.9 Å². The molecule has 0 spiro atoms. The molecule has 1 saturated heterocycles. The third kappa shape index (κ3) is 2.10. The van der Waals surface area contributed by atoms with E-state index in [-0.39, 0.29) is 11.9 Å². The van der Waals surface area contributed by atoms with Gasteiger partial charge in [-0.15, -0.1) is 0 Å². The number of aromatic amines is 1. The molecular formula is C15H14FN5O. The van der Waals surface area contributed by atoms with Crippen LogP contribution in [0.5, 0.6) is 0 Å². The maximum absolute atomic E-state index is 13.1. The van der Waals surface area contributed by atoms with Gasteiger partial charge in [0.25, 0.3) is 0 Å². The quantitative estimate of drug-likeness (QED) is 0.754. The highest BCUT2D eigenvalue weighted by atomic mass is 19.1. The monoisotopic (exact) mass is 299 g/mol. The molecule has 3 aromatic rings. The second-order valence-electron chi connectivity index (χ2n) is 5.41. The number of nitrogens with zero attached hydrogens (tertiary/aromatic N) is 4. The fraction of sp³-hybridized carbons (Fsp3) is 0.267. The molecule has 6 nitrogen and oxygen atoms in total. The van der Waals surface area contributed by atoms with Crippen molar-refractivity contribution in [2.24, 2.45) is 0 Å². The zero-order chi connectivity index (χ0) is 15.1. The molecule has 2 N–H and O–H groups in total. The number of benzene rings is 1. The first-order chi connectivity index (χ1) is 10.7. The average molecular weight is 299 g/mol. The summed E-state index contributed by atoms with van der Waals surface area (Å²) >= 11 is 0. The zero-order valence-electron chi connectivity index (χ0n) is 11.6. The van der Waals surface area contributed by atoms with Crippen LogP contribution in [0.4, 0.5) is 10.2 Å². The number of halogens is 1. The van der Waals surface area contributed by atoms with Gasteiger partial charge < -0.3 is 15.0 Å². The van der Waals surface area contributed by atoms with Crippen molar-refractivity contribution in [1.29, 1.82) is 0 Å². The fourth-order valence-corrected chi connectivity index (χ4v) is 3.02. The second-order valence-corrected chi connectivity index (χ2v) is 5.41. The van der Waals surface area contributed by atoms with E-state index in [0.717, 1.165) is 11.1 Å². The summed E-state index contributed by atoms with van der Waals surface area (Å²) < 4.78 is 13.1. The van der Waals surface area contributed by atoms with Gasteiger partial charge in [0.15, 0.2) is 11.5 Å². The molecule has 22 heavy (non-hydrogen) atoms. The van der Waals surface area contributed by atoms with Crippen molar-refractivity contribution in [3.63, 3.8) is 0 Å². The molecular weight excluding hydrogens is 285 g/mol. The Balaban J connectivity index is 1.78. The molecule has 2 atom stereocenters. The lowest BCUT2D eigenvalue weighted by Gasteiger charge is -2.25. The number of nitrogens with one attached hydrogen (secondary N) is 1. The predicted octanol–water partition coefficient (Wildman–Crippen LogP) is 1.80. The number of hydrogen-bond donors (Lipinski definition) is 2. The molecule has 4 rings (SSSR count). The summed E-state index contributed by atoms with van der Waals surface area (Å²) in [5.41, 5.74) is 2.28. The van der Waals surface area contributed by atoms with Gasteiger partial charge in [-0.1, -0.05) is 12.1 Å². The van der Waals surface area contributed by atoms with Gasteiger partial charge in [-0.2, -0.15) is 0 Å². The second kappa shape index (κ2) is 5.03. The largest absolute Gasteiger partial charge is 0.391 e. The molecule has 1 aromatic carbocycles. The van der Waals surface area contributed by atoms with E-state index in [1.54, 1.807) is 18.5 Å². The molecule has 1 aliphatic rings. The number of H-pyrrole nitrogens is 1. The molecule has 0 bridgehead atoms.